The van der Waals surface area contributed by atoms with E-state index in [-0.39, 0.29) is 0 Å². The minimum atomic E-state index is 0.669. The minimum absolute atomic E-state index is 0.669. The van der Waals surface area contributed by atoms with Gasteiger partial charge in [0.25, 0.3) is 0 Å². The summed E-state index contributed by atoms with van der Waals surface area (Å²) in [6.07, 6.45) is 2.46. The van der Waals surface area contributed by atoms with Gasteiger partial charge in [0, 0.05) is 30.1 Å². The summed E-state index contributed by atoms with van der Waals surface area (Å²) < 4.78 is 5.90. The first-order chi connectivity index (χ1) is 9.79. The Kier molecular flexibility index (Phi) is 4.08. The van der Waals surface area contributed by atoms with Crippen LogP contribution in [0.2, 0.25) is 0 Å². The maximum absolute atomic E-state index is 5.90. The first kappa shape index (κ1) is 13.7. The van der Waals surface area contributed by atoms with Crippen molar-refractivity contribution in [3.05, 3.63) is 35.6 Å². The topological polar surface area (TPSA) is 28.4 Å². The molecule has 3 heteroatoms. The molecule has 1 aromatic heterocycles. The molecule has 0 bridgehead atoms. The van der Waals surface area contributed by atoms with E-state index in [0.717, 1.165) is 37.5 Å². The molecule has 108 valence electrons. The van der Waals surface area contributed by atoms with E-state index in [9.17, 15) is 0 Å². The molecule has 1 aliphatic rings. The molecule has 0 spiro atoms. The third-order valence-electron chi connectivity index (χ3n) is 4.32. The van der Waals surface area contributed by atoms with Gasteiger partial charge in [0.15, 0.2) is 0 Å². The van der Waals surface area contributed by atoms with Gasteiger partial charge in [-0.2, -0.15) is 0 Å². The van der Waals surface area contributed by atoms with Gasteiger partial charge in [-0.25, -0.2) is 0 Å². The molecule has 1 fully saturated rings. The van der Waals surface area contributed by atoms with E-state index in [1.807, 2.05) is 6.07 Å². The van der Waals surface area contributed by atoms with E-state index in [1.165, 1.54) is 23.8 Å². The maximum atomic E-state index is 5.90. The van der Waals surface area contributed by atoms with Crippen molar-refractivity contribution in [3.63, 3.8) is 0 Å². The molecule has 1 aliphatic heterocycles. The highest BCUT2D eigenvalue weighted by molar-refractivity contribution is 5.82. The molecular weight excluding hydrogens is 248 g/mol. The summed E-state index contributed by atoms with van der Waals surface area (Å²) in [5.74, 6) is 1.07. The Morgan fingerprint density at radius 1 is 1.35 bits per heavy atom. The van der Waals surface area contributed by atoms with Crippen LogP contribution in [0.3, 0.4) is 0 Å². The molecule has 2 aromatic rings. The van der Waals surface area contributed by atoms with Crippen LogP contribution in [-0.2, 0) is 6.54 Å². The lowest BCUT2D eigenvalue weighted by Crippen LogP contribution is -2.37. The van der Waals surface area contributed by atoms with E-state index in [1.54, 1.807) is 0 Å². The van der Waals surface area contributed by atoms with E-state index in [2.05, 4.69) is 42.3 Å². The fourth-order valence-electron chi connectivity index (χ4n) is 3.25. The summed E-state index contributed by atoms with van der Waals surface area (Å²) in [5.41, 5.74) is 2.38. The summed E-state index contributed by atoms with van der Waals surface area (Å²) in [6, 6.07) is 9.05. The normalized spacial score (nSPS) is 19.2. The fraction of sp³-hybridized carbons (Fsp3) is 0.529. The highest BCUT2D eigenvalue weighted by atomic mass is 16.3. The molecule has 3 rings (SSSR count). The Morgan fingerprint density at radius 2 is 2.20 bits per heavy atom. The Hall–Kier alpha value is -1.32. The van der Waals surface area contributed by atoms with Crippen LogP contribution in [0.25, 0.3) is 11.0 Å². The number of nitrogens with zero attached hydrogens (tertiary/aromatic N) is 1. The zero-order chi connectivity index (χ0) is 13.9. The standard InChI is InChI=1S/C17H24N2O/c1-3-10-19(14-8-9-18-11-14)12-16-13(2)20-17-7-5-4-6-15(16)17/h4-7,14,18H,3,8-12H2,1-2H3. The molecule has 20 heavy (non-hydrogen) atoms. The Bertz CT molecular complexity index is 569. The summed E-state index contributed by atoms with van der Waals surface area (Å²) in [6.45, 7) is 8.78. The van der Waals surface area contributed by atoms with E-state index in [4.69, 9.17) is 4.42 Å². The lowest BCUT2D eigenvalue weighted by molar-refractivity contribution is 0.199. The summed E-state index contributed by atoms with van der Waals surface area (Å²) in [7, 11) is 0. The average molecular weight is 272 g/mol. The zero-order valence-electron chi connectivity index (χ0n) is 12.5. The maximum Gasteiger partial charge on any atom is 0.134 e. The van der Waals surface area contributed by atoms with Crippen molar-refractivity contribution in [1.82, 2.24) is 10.2 Å². The molecule has 1 N–H and O–H groups in total. The molecule has 0 radical (unpaired) electrons. The molecule has 0 aliphatic carbocycles. The average Bonchev–Trinajstić information content (AvgIpc) is 3.07. The van der Waals surface area contributed by atoms with Crippen molar-refractivity contribution in [2.45, 2.75) is 39.3 Å². The zero-order valence-corrected chi connectivity index (χ0v) is 12.5. The van der Waals surface area contributed by atoms with Crippen molar-refractivity contribution < 1.29 is 4.42 Å². The number of nitrogens with one attached hydrogen (secondary N) is 1. The number of hydrogen-bond acceptors (Lipinski definition) is 3. The third kappa shape index (κ3) is 2.60. The number of furan rings is 1. The van der Waals surface area contributed by atoms with Crippen LogP contribution in [0.15, 0.2) is 28.7 Å². The number of rotatable bonds is 5. The van der Waals surface area contributed by atoms with E-state index < -0.39 is 0 Å². The highest BCUT2D eigenvalue weighted by Gasteiger charge is 2.23. The largest absolute Gasteiger partial charge is 0.461 e. The second-order valence-electron chi connectivity index (χ2n) is 5.75. The van der Waals surface area contributed by atoms with Crippen LogP contribution < -0.4 is 5.32 Å². The van der Waals surface area contributed by atoms with E-state index >= 15 is 0 Å². The quantitative estimate of drug-likeness (QED) is 0.905. The Balaban J connectivity index is 1.87. The number of hydrogen-bond donors (Lipinski definition) is 1. The predicted octanol–water partition coefficient (Wildman–Crippen LogP) is 3.32. The third-order valence-corrected chi connectivity index (χ3v) is 4.32. The monoisotopic (exact) mass is 272 g/mol. The van der Waals surface area contributed by atoms with Crippen LogP contribution >= 0.6 is 0 Å². The van der Waals surface area contributed by atoms with Gasteiger partial charge in [-0.15, -0.1) is 0 Å². The van der Waals surface area contributed by atoms with Gasteiger partial charge in [0.1, 0.15) is 11.3 Å². The van der Waals surface area contributed by atoms with Crippen molar-refractivity contribution >= 4 is 11.0 Å². The van der Waals surface area contributed by atoms with Crippen molar-refractivity contribution in [2.75, 3.05) is 19.6 Å². The minimum Gasteiger partial charge on any atom is -0.461 e. The summed E-state index contributed by atoms with van der Waals surface area (Å²) in [5, 5.41) is 4.75. The van der Waals surface area contributed by atoms with Crippen LogP contribution in [0, 0.1) is 6.92 Å². The van der Waals surface area contributed by atoms with Gasteiger partial charge in [-0.3, -0.25) is 4.90 Å². The second kappa shape index (κ2) is 5.98. The molecule has 3 nitrogen and oxygen atoms in total. The Labute approximate surface area is 120 Å². The number of aryl methyl sites for hydroxylation is 1. The van der Waals surface area contributed by atoms with Crippen molar-refractivity contribution in [2.24, 2.45) is 0 Å². The van der Waals surface area contributed by atoms with Crippen molar-refractivity contribution in [3.8, 4) is 0 Å². The van der Waals surface area contributed by atoms with Crippen LogP contribution in [0.1, 0.15) is 31.1 Å². The van der Waals surface area contributed by atoms with Crippen LogP contribution in [0.5, 0.6) is 0 Å². The lowest BCUT2D eigenvalue weighted by atomic mass is 10.1. The molecule has 1 saturated heterocycles. The second-order valence-corrected chi connectivity index (χ2v) is 5.75. The first-order valence-electron chi connectivity index (χ1n) is 7.71. The van der Waals surface area contributed by atoms with Gasteiger partial charge in [-0.05, 0) is 38.9 Å². The van der Waals surface area contributed by atoms with E-state index in [0.29, 0.717) is 6.04 Å². The number of para-hydroxylation sites is 1. The van der Waals surface area contributed by atoms with Crippen LogP contribution in [-0.4, -0.2) is 30.6 Å². The molecule has 1 unspecified atom stereocenters. The molecular formula is C17H24N2O. The number of benzene rings is 1. The molecule has 2 heterocycles. The smallest absolute Gasteiger partial charge is 0.134 e. The lowest BCUT2D eigenvalue weighted by Gasteiger charge is -2.27. The Morgan fingerprint density at radius 3 is 2.95 bits per heavy atom. The van der Waals surface area contributed by atoms with Gasteiger partial charge in [0.2, 0.25) is 0 Å². The SMILES string of the molecule is CCCN(Cc1c(C)oc2ccccc12)C1CCNC1. The highest BCUT2D eigenvalue weighted by Crippen LogP contribution is 2.27. The summed E-state index contributed by atoms with van der Waals surface area (Å²) >= 11 is 0. The van der Waals surface area contributed by atoms with Gasteiger partial charge < -0.3 is 9.73 Å². The number of fused-ring (bicyclic) bond motifs is 1. The molecule has 0 amide bonds. The fourth-order valence-corrected chi connectivity index (χ4v) is 3.25. The van der Waals surface area contributed by atoms with Crippen molar-refractivity contribution in [1.29, 1.82) is 0 Å². The molecule has 1 atom stereocenters. The van der Waals surface area contributed by atoms with Gasteiger partial charge in [-0.1, -0.05) is 25.1 Å². The van der Waals surface area contributed by atoms with Gasteiger partial charge >= 0.3 is 0 Å². The predicted molar refractivity (Wildman–Crippen MR) is 82.9 cm³/mol. The first-order valence-corrected chi connectivity index (χ1v) is 7.71. The van der Waals surface area contributed by atoms with Crippen LogP contribution in [0.4, 0.5) is 0 Å². The summed E-state index contributed by atoms with van der Waals surface area (Å²) in [4.78, 5) is 2.62. The van der Waals surface area contributed by atoms with Gasteiger partial charge in [0.05, 0.1) is 0 Å². The molecule has 0 saturated carbocycles. The molecule has 1 aromatic carbocycles.